The van der Waals surface area contributed by atoms with Crippen LogP contribution in [0.1, 0.15) is 15.9 Å². The molecule has 0 atom stereocenters. The number of para-hydroxylation sites is 1. The lowest BCUT2D eigenvalue weighted by Crippen LogP contribution is -2.09. The summed E-state index contributed by atoms with van der Waals surface area (Å²) < 4.78 is 0. The average Bonchev–Trinajstić information content (AvgIpc) is 2.53. The van der Waals surface area contributed by atoms with E-state index in [1.807, 2.05) is 30.3 Å². The first-order valence-electron chi connectivity index (χ1n) is 6.37. The Labute approximate surface area is 120 Å². The first kappa shape index (κ1) is 13.0. The Morgan fingerprint density at radius 1 is 1.14 bits per heavy atom. The topological polar surface area (TPSA) is 88.0 Å². The van der Waals surface area contributed by atoms with Crippen molar-refractivity contribution in [3.05, 3.63) is 59.9 Å². The molecular weight excluding hydrogens is 268 g/mol. The maximum absolute atomic E-state index is 11.1. The molecule has 1 aromatic carbocycles. The van der Waals surface area contributed by atoms with Crippen molar-refractivity contribution in [3.8, 4) is 0 Å². The van der Waals surface area contributed by atoms with Crippen molar-refractivity contribution in [2.45, 2.75) is 6.54 Å². The van der Waals surface area contributed by atoms with Crippen LogP contribution >= 0.6 is 0 Å². The molecule has 6 nitrogen and oxygen atoms in total. The predicted octanol–water partition coefficient (Wildman–Crippen LogP) is 2.34. The quantitative estimate of drug-likeness (QED) is 0.762. The van der Waals surface area contributed by atoms with Gasteiger partial charge in [0, 0.05) is 18.1 Å². The van der Waals surface area contributed by atoms with Gasteiger partial charge in [0.15, 0.2) is 5.82 Å². The molecule has 0 saturated heterocycles. The molecule has 0 fully saturated rings. The highest BCUT2D eigenvalue weighted by molar-refractivity contribution is 5.92. The molecule has 0 spiro atoms. The number of benzene rings is 1. The van der Waals surface area contributed by atoms with Crippen LogP contribution < -0.4 is 5.32 Å². The maximum atomic E-state index is 11.1. The predicted molar refractivity (Wildman–Crippen MR) is 78.1 cm³/mol. The molecule has 104 valence electrons. The molecule has 0 saturated carbocycles. The van der Waals surface area contributed by atoms with E-state index in [-0.39, 0.29) is 11.4 Å². The van der Waals surface area contributed by atoms with Crippen molar-refractivity contribution in [2.24, 2.45) is 0 Å². The third kappa shape index (κ3) is 2.64. The number of hydrogen-bond acceptors (Lipinski definition) is 5. The molecular formula is C15H12N4O2. The van der Waals surface area contributed by atoms with Gasteiger partial charge in [-0.1, -0.05) is 24.3 Å². The number of carboxylic acid groups (broad SMARTS) is 1. The number of pyridine rings is 1. The van der Waals surface area contributed by atoms with Crippen LogP contribution in [0.4, 0.5) is 5.82 Å². The minimum Gasteiger partial charge on any atom is -0.478 e. The number of anilines is 1. The van der Waals surface area contributed by atoms with Crippen molar-refractivity contribution in [3.63, 3.8) is 0 Å². The van der Waals surface area contributed by atoms with Gasteiger partial charge in [0.05, 0.1) is 11.7 Å². The fourth-order valence-corrected chi connectivity index (χ4v) is 2.12. The Bertz CT molecular complexity index is 799. The highest BCUT2D eigenvalue weighted by atomic mass is 16.4. The summed E-state index contributed by atoms with van der Waals surface area (Å²) in [5.74, 6) is -0.790. The molecule has 0 unspecified atom stereocenters. The summed E-state index contributed by atoms with van der Waals surface area (Å²) >= 11 is 0. The SMILES string of the molecule is O=C(O)c1ccnnc1NCc1cccc2cccnc12. The molecule has 0 aliphatic heterocycles. The van der Waals surface area contributed by atoms with E-state index in [2.05, 4.69) is 20.5 Å². The number of carboxylic acids is 1. The molecule has 0 aliphatic rings. The molecule has 2 N–H and O–H groups in total. The van der Waals surface area contributed by atoms with E-state index in [0.29, 0.717) is 6.54 Å². The van der Waals surface area contributed by atoms with Crippen molar-refractivity contribution >= 4 is 22.7 Å². The van der Waals surface area contributed by atoms with Gasteiger partial charge < -0.3 is 10.4 Å². The van der Waals surface area contributed by atoms with E-state index in [0.717, 1.165) is 16.5 Å². The van der Waals surface area contributed by atoms with Gasteiger partial charge in [-0.25, -0.2) is 4.79 Å². The van der Waals surface area contributed by atoms with E-state index in [1.54, 1.807) is 6.20 Å². The number of carbonyl (C=O) groups is 1. The second kappa shape index (κ2) is 5.54. The number of rotatable bonds is 4. The lowest BCUT2D eigenvalue weighted by molar-refractivity contribution is 0.0697. The van der Waals surface area contributed by atoms with Crippen LogP contribution in [0.15, 0.2) is 48.8 Å². The Balaban J connectivity index is 1.89. The van der Waals surface area contributed by atoms with Crippen molar-refractivity contribution in [1.29, 1.82) is 0 Å². The summed E-state index contributed by atoms with van der Waals surface area (Å²) in [5.41, 5.74) is 1.95. The molecule has 21 heavy (non-hydrogen) atoms. The van der Waals surface area contributed by atoms with Gasteiger partial charge in [0.1, 0.15) is 5.56 Å². The number of nitrogens with one attached hydrogen (secondary N) is 1. The zero-order valence-corrected chi connectivity index (χ0v) is 11.0. The Kier molecular flexibility index (Phi) is 3.42. The Hall–Kier alpha value is -3.02. The number of aromatic carboxylic acids is 1. The molecule has 0 amide bonds. The van der Waals surface area contributed by atoms with Crippen LogP contribution in [-0.4, -0.2) is 26.3 Å². The van der Waals surface area contributed by atoms with Crippen molar-refractivity contribution in [1.82, 2.24) is 15.2 Å². The smallest absolute Gasteiger partial charge is 0.339 e. The molecule has 0 bridgehead atoms. The molecule has 3 aromatic rings. The van der Waals surface area contributed by atoms with Crippen LogP contribution in [0.2, 0.25) is 0 Å². The van der Waals surface area contributed by atoms with Crippen LogP contribution in [0.25, 0.3) is 10.9 Å². The molecule has 2 heterocycles. The second-order valence-electron chi connectivity index (χ2n) is 4.44. The van der Waals surface area contributed by atoms with E-state index in [1.165, 1.54) is 12.3 Å². The maximum Gasteiger partial charge on any atom is 0.339 e. The summed E-state index contributed by atoms with van der Waals surface area (Å²) in [6.45, 7) is 0.424. The monoisotopic (exact) mass is 280 g/mol. The van der Waals surface area contributed by atoms with E-state index in [9.17, 15) is 4.79 Å². The fraction of sp³-hybridized carbons (Fsp3) is 0.0667. The second-order valence-corrected chi connectivity index (χ2v) is 4.44. The third-order valence-electron chi connectivity index (χ3n) is 3.11. The Morgan fingerprint density at radius 2 is 2.00 bits per heavy atom. The van der Waals surface area contributed by atoms with Gasteiger partial charge in [-0.3, -0.25) is 4.98 Å². The summed E-state index contributed by atoms with van der Waals surface area (Å²) in [5, 5.41) is 20.7. The summed E-state index contributed by atoms with van der Waals surface area (Å²) in [6.07, 6.45) is 3.09. The van der Waals surface area contributed by atoms with E-state index >= 15 is 0 Å². The van der Waals surface area contributed by atoms with Gasteiger partial charge in [-0.15, -0.1) is 5.10 Å². The summed E-state index contributed by atoms with van der Waals surface area (Å²) in [7, 11) is 0. The van der Waals surface area contributed by atoms with Gasteiger partial charge in [0.2, 0.25) is 0 Å². The fourth-order valence-electron chi connectivity index (χ4n) is 2.12. The summed E-state index contributed by atoms with van der Waals surface area (Å²) in [4.78, 5) is 15.5. The first-order valence-corrected chi connectivity index (χ1v) is 6.37. The van der Waals surface area contributed by atoms with Crippen LogP contribution in [-0.2, 0) is 6.54 Å². The minimum atomic E-state index is -1.04. The standard InChI is InChI=1S/C15H12N4O2/c20-15(21)12-6-8-18-19-14(12)17-9-11-4-1-3-10-5-2-7-16-13(10)11/h1-8H,9H2,(H,17,19)(H,20,21). The largest absolute Gasteiger partial charge is 0.478 e. The Morgan fingerprint density at radius 3 is 2.86 bits per heavy atom. The van der Waals surface area contributed by atoms with Crippen LogP contribution in [0, 0.1) is 0 Å². The molecule has 0 aliphatic carbocycles. The first-order chi connectivity index (χ1) is 10.3. The lowest BCUT2D eigenvalue weighted by atomic mass is 10.1. The average molecular weight is 280 g/mol. The number of nitrogens with zero attached hydrogens (tertiary/aromatic N) is 3. The molecule has 0 radical (unpaired) electrons. The molecule has 6 heteroatoms. The van der Waals surface area contributed by atoms with E-state index < -0.39 is 5.97 Å². The lowest BCUT2D eigenvalue weighted by Gasteiger charge is -2.09. The van der Waals surface area contributed by atoms with E-state index in [4.69, 9.17) is 5.11 Å². The highest BCUT2D eigenvalue weighted by Crippen LogP contribution is 2.18. The highest BCUT2D eigenvalue weighted by Gasteiger charge is 2.11. The van der Waals surface area contributed by atoms with Gasteiger partial charge in [-0.2, -0.15) is 5.10 Å². The molecule has 3 rings (SSSR count). The normalized spacial score (nSPS) is 10.5. The number of aromatic nitrogens is 3. The van der Waals surface area contributed by atoms with Crippen molar-refractivity contribution < 1.29 is 9.90 Å². The minimum absolute atomic E-state index is 0.0956. The molecule has 2 aromatic heterocycles. The number of hydrogen-bond donors (Lipinski definition) is 2. The van der Waals surface area contributed by atoms with Gasteiger partial charge >= 0.3 is 5.97 Å². The van der Waals surface area contributed by atoms with Crippen LogP contribution in [0.3, 0.4) is 0 Å². The van der Waals surface area contributed by atoms with Crippen molar-refractivity contribution in [2.75, 3.05) is 5.32 Å². The van der Waals surface area contributed by atoms with Crippen LogP contribution in [0.5, 0.6) is 0 Å². The number of fused-ring (bicyclic) bond motifs is 1. The van der Waals surface area contributed by atoms with Gasteiger partial charge in [0.25, 0.3) is 0 Å². The summed E-state index contributed by atoms with van der Waals surface area (Å²) in [6, 6.07) is 11.1. The third-order valence-corrected chi connectivity index (χ3v) is 3.11. The zero-order chi connectivity index (χ0) is 14.7. The van der Waals surface area contributed by atoms with Gasteiger partial charge in [-0.05, 0) is 17.7 Å². The zero-order valence-electron chi connectivity index (χ0n) is 11.0.